The zero-order valence-electron chi connectivity index (χ0n) is 18.4. The van der Waals surface area contributed by atoms with Gasteiger partial charge in [0.25, 0.3) is 0 Å². The van der Waals surface area contributed by atoms with E-state index in [9.17, 15) is 4.79 Å². The van der Waals surface area contributed by atoms with Crippen LogP contribution in [0.15, 0.2) is 36.7 Å². The fourth-order valence-electron chi connectivity index (χ4n) is 3.32. The third-order valence-corrected chi connectivity index (χ3v) is 4.89. The van der Waals surface area contributed by atoms with Gasteiger partial charge in [0.05, 0.1) is 6.61 Å². The van der Waals surface area contributed by atoms with E-state index in [4.69, 9.17) is 4.74 Å². The first-order chi connectivity index (χ1) is 13.7. The van der Waals surface area contributed by atoms with Crippen LogP contribution in [0.25, 0.3) is 0 Å². The first kappa shape index (κ1) is 26.2. The van der Waals surface area contributed by atoms with Gasteiger partial charge >= 0.3 is 51.4 Å². The quantitative estimate of drug-likeness (QED) is 0.368. The van der Waals surface area contributed by atoms with Crippen LogP contribution in [0.5, 0.6) is 5.75 Å². The minimum absolute atomic E-state index is 0. The molecule has 1 aliphatic rings. The van der Waals surface area contributed by atoms with Gasteiger partial charge in [-0.3, -0.25) is 6.29 Å². The van der Waals surface area contributed by atoms with Crippen LogP contribution >= 0.6 is 0 Å². The maximum absolute atomic E-state index is 10.4. The summed E-state index contributed by atoms with van der Waals surface area (Å²) in [7, 11) is 0. The minimum Gasteiger partial charge on any atom is -0.541 e. The molecule has 0 atom stereocenters. The average Bonchev–Trinajstić information content (AvgIpc) is 2.75. The molecule has 5 nitrogen and oxygen atoms in total. The van der Waals surface area contributed by atoms with Crippen LogP contribution in [-0.2, 0) is 11.2 Å². The Bertz CT molecular complexity index is 684. The van der Waals surface area contributed by atoms with Crippen molar-refractivity contribution in [2.24, 2.45) is 5.92 Å². The Balaban J connectivity index is 0.00000136. The minimum atomic E-state index is 0. The van der Waals surface area contributed by atoms with Crippen LogP contribution in [0.3, 0.4) is 0 Å². The average molecular weight is 422 g/mol. The summed E-state index contributed by atoms with van der Waals surface area (Å²) in [6, 6.07) is 7.69. The Morgan fingerprint density at radius 3 is 2.31 bits per heavy atom. The van der Waals surface area contributed by atoms with E-state index in [0.717, 1.165) is 54.9 Å². The van der Waals surface area contributed by atoms with E-state index in [1.807, 2.05) is 63.7 Å². The fraction of sp³-hybridized carbons (Fsp3) is 0.522. The maximum Gasteiger partial charge on any atom is 1.00 e. The molecule has 1 aliphatic heterocycles. The second-order valence-corrected chi connectivity index (χ2v) is 6.95. The molecule has 2 aromatic rings. The molecular weight excluding hydrogens is 389 g/mol. The molecule has 6 heteroatoms. The van der Waals surface area contributed by atoms with E-state index in [-0.39, 0.29) is 51.4 Å². The Kier molecular flexibility index (Phi) is 13.6. The zero-order valence-corrected chi connectivity index (χ0v) is 21.5. The van der Waals surface area contributed by atoms with Gasteiger partial charge in [-0.15, -0.1) is 6.42 Å². The number of benzene rings is 1. The summed E-state index contributed by atoms with van der Waals surface area (Å²) in [4.78, 5) is 21.5. The molecular formula is C23H32KN3O2. The SMILES string of the molecule is CC.Cc1cnc(N2CCC(CCCOc3ccc(C[C-]=O)cc3)CC2)nc1.[K+]. The van der Waals surface area contributed by atoms with E-state index >= 15 is 0 Å². The molecule has 152 valence electrons. The van der Waals surface area contributed by atoms with Crippen LogP contribution in [0.2, 0.25) is 0 Å². The zero-order chi connectivity index (χ0) is 20.2. The number of rotatable bonds is 8. The Labute approximate surface area is 218 Å². The van der Waals surface area contributed by atoms with Gasteiger partial charge in [-0.2, -0.15) is 0 Å². The second-order valence-electron chi connectivity index (χ2n) is 6.95. The maximum atomic E-state index is 10.4. The Hall–Kier alpha value is -0.794. The normalized spacial score (nSPS) is 13.7. The summed E-state index contributed by atoms with van der Waals surface area (Å²) in [5.41, 5.74) is 2.07. The molecule has 0 bridgehead atoms. The number of nitrogens with zero attached hydrogens (tertiary/aromatic N) is 3. The first-order valence-corrected chi connectivity index (χ1v) is 10.3. The number of carbonyl (C=O) groups excluding carboxylic acids is 1. The Morgan fingerprint density at radius 2 is 1.72 bits per heavy atom. The predicted molar refractivity (Wildman–Crippen MR) is 114 cm³/mol. The number of hydrogen-bond acceptors (Lipinski definition) is 5. The summed E-state index contributed by atoms with van der Waals surface area (Å²) in [6.45, 7) is 8.81. The molecule has 1 aromatic heterocycles. The number of hydrogen-bond donors (Lipinski definition) is 0. The van der Waals surface area contributed by atoms with Gasteiger partial charge < -0.3 is 14.4 Å². The van der Waals surface area contributed by atoms with Crippen LogP contribution < -0.4 is 61.0 Å². The standard InChI is InChI=1S/C21H26N3O2.C2H6.K/c1-17-15-22-21(23-16-17)24-11-8-18(9-12-24)3-2-14-26-20-6-4-19(5-7-20)10-13-25;1-2;/h4-7,15-16,18H,2-3,8-12,14H2,1H3;1-2H3;/q-1;;+1. The summed E-state index contributed by atoms with van der Waals surface area (Å²) < 4.78 is 5.80. The van der Waals surface area contributed by atoms with Gasteiger partial charge in [0.1, 0.15) is 5.75 Å². The molecule has 0 aliphatic carbocycles. The number of ether oxygens (including phenoxy) is 1. The number of piperidine rings is 1. The first-order valence-electron chi connectivity index (χ1n) is 10.3. The molecule has 0 amide bonds. The summed E-state index contributed by atoms with van der Waals surface area (Å²) in [5, 5.41) is 0. The van der Waals surface area contributed by atoms with Gasteiger partial charge in [-0.25, -0.2) is 9.97 Å². The van der Waals surface area contributed by atoms with Gasteiger partial charge in [0.15, 0.2) is 0 Å². The molecule has 2 heterocycles. The molecule has 3 rings (SSSR count). The van der Waals surface area contributed by atoms with Crippen molar-refractivity contribution in [3.8, 4) is 5.75 Å². The van der Waals surface area contributed by atoms with E-state index in [1.165, 1.54) is 19.3 Å². The van der Waals surface area contributed by atoms with E-state index in [1.54, 1.807) is 0 Å². The summed E-state index contributed by atoms with van der Waals surface area (Å²) in [5.74, 6) is 2.48. The topological polar surface area (TPSA) is 55.3 Å². The van der Waals surface area contributed by atoms with Gasteiger partial charge in [-0.1, -0.05) is 31.5 Å². The van der Waals surface area contributed by atoms with Crippen LogP contribution in [0.4, 0.5) is 5.95 Å². The largest absolute Gasteiger partial charge is 1.00 e. The van der Waals surface area contributed by atoms with E-state index < -0.39 is 0 Å². The molecule has 29 heavy (non-hydrogen) atoms. The number of aromatic nitrogens is 2. The molecule has 0 spiro atoms. The third-order valence-electron chi connectivity index (χ3n) is 4.89. The van der Waals surface area contributed by atoms with Crippen molar-refractivity contribution >= 4 is 12.2 Å². The van der Waals surface area contributed by atoms with Crippen LogP contribution in [0.1, 0.15) is 50.7 Å². The van der Waals surface area contributed by atoms with Crippen LogP contribution in [-0.4, -0.2) is 36.0 Å². The van der Waals surface area contributed by atoms with Gasteiger partial charge in [0.2, 0.25) is 5.95 Å². The van der Waals surface area contributed by atoms with Crippen molar-refractivity contribution in [3.63, 3.8) is 0 Å². The van der Waals surface area contributed by atoms with E-state index in [2.05, 4.69) is 14.9 Å². The monoisotopic (exact) mass is 421 g/mol. The van der Waals surface area contributed by atoms with Gasteiger partial charge in [0, 0.05) is 25.5 Å². The van der Waals surface area contributed by atoms with Crippen molar-refractivity contribution < 1.29 is 60.9 Å². The number of aryl methyl sites for hydroxylation is 1. The Morgan fingerprint density at radius 1 is 1.10 bits per heavy atom. The van der Waals surface area contributed by atoms with Crippen molar-refractivity contribution in [1.82, 2.24) is 9.97 Å². The van der Waals surface area contributed by atoms with Crippen LogP contribution in [0, 0.1) is 12.8 Å². The third kappa shape index (κ3) is 9.26. The van der Waals surface area contributed by atoms with Crippen molar-refractivity contribution in [1.29, 1.82) is 0 Å². The summed E-state index contributed by atoms with van der Waals surface area (Å²) in [6.07, 6.45) is 10.7. The predicted octanol–water partition coefficient (Wildman–Crippen LogP) is 1.54. The molecule has 1 saturated heterocycles. The number of anilines is 1. The molecule has 0 radical (unpaired) electrons. The fourth-order valence-corrected chi connectivity index (χ4v) is 3.32. The molecule has 1 aromatic carbocycles. The van der Waals surface area contributed by atoms with Crippen molar-refractivity contribution in [3.05, 3.63) is 47.8 Å². The van der Waals surface area contributed by atoms with Crippen molar-refractivity contribution in [2.75, 3.05) is 24.6 Å². The summed E-state index contributed by atoms with van der Waals surface area (Å²) >= 11 is 0. The molecule has 1 fully saturated rings. The molecule has 0 saturated carbocycles. The second kappa shape index (κ2) is 15.1. The smallest absolute Gasteiger partial charge is 0.541 e. The molecule has 0 unspecified atom stereocenters. The van der Waals surface area contributed by atoms with Crippen molar-refractivity contribution in [2.45, 2.75) is 52.9 Å². The molecule has 0 N–H and O–H groups in total. The van der Waals surface area contributed by atoms with Gasteiger partial charge in [-0.05, 0) is 56.2 Å². The van der Waals surface area contributed by atoms with E-state index in [0.29, 0.717) is 6.42 Å².